The van der Waals surface area contributed by atoms with Crippen LogP contribution in [0.2, 0.25) is 0 Å². The molecule has 26 heavy (non-hydrogen) atoms. The highest BCUT2D eigenvalue weighted by molar-refractivity contribution is 5.97. The summed E-state index contributed by atoms with van der Waals surface area (Å²) in [6.45, 7) is 2.15. The number of nitrogens with zero attached hydrogens (tertiary/aromatic N) is 1. The molecule has 1 amide bonds. The average molecular weight is 364 g/mol. The number of aromatic hydroxyl groups is 1. The zero-order valence-corrected chi connectivity index (χ0v) is 14.1. The van der Waals surface area contributed by atoms with Crippen LogP contribution in [0.3, 0.4) is 0 Å². The van der Waals surface area contributed by atoms with E-state index in [4.69, 9.17) is 4.74 Å². The maximum absolute atomic E-state index is 14.1. The van der Waals surface area contributed by atoms with Crippen LogP contribution in [-0.2, 0) is 24.3 Å². The molecule has 1 aromatic heterocycles. The summed E-state index contributed by atoms with van der Waals surface area (Å²) >= 11 is 0. The Hall–Kier alpha value is -2.74. The number of rotatable bonds is 4. The smallest absolute Gasteiger partial charge is 0.267 e. The molecule has 0 saturated heterocycles. The molecule has 2 N–H and O–H groups in total. The summed E-state index contributed by atoms with van der Waals surface area (Å²) in [6, 6.07) is 3.09. The molecule has 0 aliphatic carbocycles. The normalized spacial score (nSPS) is 13.3. The van der Waals surface area contributed by atoms with Gasteiger partial charge in [0.2, 0.25) is 0 Å². The summed E-state index contributed by atoms with van der Waals surface area (Å²) in [5, 5.41) is 12.9. The van der Waals surface area contributed by atoms with E-state index in [1.807, 2.05) is 0 Å². The lowest BCUT2D eigenvalue weighted by atomic mass is 10.0. The Morgan fingerprint density at radius 2 is 2.15 bits per heavy atom. The number of benzene rings is 1. The van der Waals surface area contributed by atoms with Crippen molar-refractivity contribution in [2.45, 2.75) is 26.5 Å². The minimum absolute atomic E-state index is 0.0414. The van der Waals surface area contributed by atoms with Gasteiger partial charge in [-0.15, -0.1) is 0 Å². The van der Waals surface area contributed by atoms with Crippen molar-refractivity contribution in [1.29, 1.82) is 0 Å². The standard InChI is InChI=1S/C18H18F2N2O4/c1-2-21-17(24)15-16(23)12-9-26-6-5-14(12)22(18(15)25)8-10-3-4-11(19)7-13(10)20/h3-4,7,23H,2,5-6,8-9H2,1H3,(H,21,24). The van der Waals surface area contributed by atoms with E-state index in [2.05, 4.69) is 5.32 Å². The van der Waals surface area contributed by atoms with Crippen LogP contribution in [0.1, 0.15) is 34.1 Å². The molecule has 0 bridgehead atoms. The quantitative estimate of drug-likeness (QED) is 0.865. The van der Waals surface area contributed by atoms with Crippen LogP contribution in [0, 0.1) is 11.6 Å². The zero-order valence-electron chi connectivity index (χ0n) is 14.1. The second kappa shape index (κ2) is 7.25. The molecule has 2 aromatic rings. The van der Waals surface area contributed by atoms with E-state index in [-0.39, 0.29) is 25.3 Å². The van der Waals surface area contributed by atoms with Crippen molar-refractivity contribution in [3.05, 3.63) is 62.6 Å². The van der Waals surface area contributed by atoms with Gasteiger partial charge in [0.05, 0.1) is 19.8 Å². The minimum atomic E-state index is -0.787. The van der Waals surface area contributed by atoms with Gasteiger partial charge in [-0.05, 0) is 13.0 Å². The van der Waals surface area contributed by atoms with Crippen LogP contribution in [0.4, 0.5) is 8.78 Å². The maximum Gasteiger partial charge on any atom is 0.267 e. The van der Waals surface area contributed by atoms with Crippen molar-refractivity contribution in [2.24, 2.45) is 0 Å². The highest BCUT2D eigenvalue weighted by Gasteiger charge is 2.27. The monoisotopic (exact) mass is 364 g/mol. The molecule has 0 unspecified atom stereocenters. The number of hydrogen-bond acceptors (Lipinski definition) is 4. The number of fused-ring (bicyclic) bond motifs is 1. The average Bonchev–Trinajstić information content (AvgIpc) is 2.60. The second-order valence-electron chi connectivity index (χ2n) is 5.94. The van der Waals surface area contributed by atoms with Crippen molar-refractivity contribution in [1.82, 2.24) is 9.88 Å². The first-order valence-corrected chi connectivity index (χ1v) is 8.21. The Morgan fingerprint density at radius 3 is 2.85 bits per heavy atom. The van der Waals surface area contributed by atoms with E-state index in [0.29, 0.717) is 24.3 Å². The third kappa shape index (κ3) is 3.20. The third-order valence-corrected chi connectivity index (χ3v) is 4.29. The van der Waals surface area contributed by atoms with E-state index >= 15 is 0 Å². The van der Waals surface area contributed by atoms with Gasteiger partial charge in [0, 0.05) is 35.9 Å². The van der Waals surface area contributed by atoms with Gasteiger partial charge in [0.1, 0.15) is 22.9 Å². The number of ether oxygens (including phenoxy) is 1. The first-order valence-electron chi connectivity index (χ1n) is 8.21. The summed E-state index contributed by atoms with van der Waals surface area (Å²) in [6.07, 6.45) is 0.330. The number of carbonyl (C=O) groups excluding carboxylic acids is 1. The van der Waals surface area contributed by atoms with E-state index in [0.717, 1.165) is 12.1 Å². The van der Waals surface area contributed by atoms with Crippen LogP contribution in [-0.4, -0.2) is 28.7 Å². The molecule has 1 aliphatic rings. The van der Waals surface area contributed by atoms with Crippen molar-refractivity contribution in [3.8, 4) is 5.75 Å². The number of pyridine rings is 1. The molecule has 2 heterocycles. The molecule has 0 atom stereocenters. The lowest BCUT2D eigenvalue weighted by molar-refractivity contribution is 0.0940. The fourth-order valence-electron chi connectivity index (χ4n) is 3.03. The lowest BCUT2D eigenvalue weighted by Gasteiger charge is -2.24. The molecule has 0 radical (unpaired) electrons. The van der Waals surface area contributed by atoms with E-state index in [1.165, 1.54) is 10.6 Å². The second-order valence-corrected chi connectivity index (χ2v) is 5.94. The molecule has 1 aliphatic heterocycles. The summed E-state index contributed by atoms with van der Waals surface area (Å²) < 4.78 is 33.8. The van der Waals surface area contributed by atoms with Crippen LogP contribution in [0.15, 0.2) is 23.0 Å². The van der Waals surface area contributed by atoms with Gasteiger partial charge in [-0.25, -0.2) is 8.78 Å². The molecule has 1 aromatic carbocycles. The molecular formula is C18H18F2N2O4. The van der Waals surface area contributed by atoms with Gasteiger partial charge in [0.25, 0.3) is 11.5 Å². The van der Waals surface area contributed by atoms with Crippen LogP contribution < -0.4 is 10.9 Å². The largest absolute Gasteiger partial charge is 0.506 e. The molecule has 0 spiro atoms. The predicted molar refractivity (Wildman–Crippen MR) is 89.2 cm³/mol. The Kier molecular flexibility index (Phi) is 5.03. The number of amides is 1. The van der Waals surface area contributed by atoms with Gasteiger partial charge in [-0.2, -0.15) is 0 Å². The minimum Gasteiger partial charge on any atom is -0.506 e. The number of carbonyl (C=O) groups is 1. The summed E-state index contributed by atoms with van der Waals surface area (Å²) in [4.78, 5) is 25.1. The molecule has 0 saturated carbocycles. The van der Waals surface area contributed by atoms with E-state index in [9.17, 15) is 23.5 Å². The first-order chi connectivity index (χ1) is 12.4. The SMILES string of the molecule is CCNC(=O)c1c(O)c2c(n(Cc3ccc(F)cc3F)c1=O)CCOC2. The van der Waals surface area contributed by atoms with Gasteiger partial charge >= 0.3 is 0 Å². The van der Waals surface area contributed by atoms with Crippen molar-refractivity contribution in [2.75, 3.05) is 13.2 Å². The van der Waals surface area contributed by atoms with Crippen molar-refractivity contribution >= 4 is 5.91 Å². The Balaban J connectivity index is 2.18. The molecule has 3 rings (SSSR count). The number of hydrogen-bond donors (Lipinski definition) is 2. The van der Waals surface area contributed by atoms with E-state index in [1.54, 1.807) is 6.92 Å². The van der Waals surface area contributed by atoms with Gasteiger partial charge in [-0.1, -0.05) is 6.07 Å². The summed E-state index contributed by atoms with van der Waals surface area (Å²) in [7, 11) is 0. The molecule has 138 valence electrons. The number of halogens is 2. The number of nitrogens with one attached hydrogen (secondary N) is 1. The predicted octanol–water partition coefficient (Wildman–Crippen LogP) is 1.70. The highest BCUT2D eigenvalue weighted by atomic mass is 19.1. The fourth-order valence-corrected chi connectivity index (χ4v) is 3.03. The van der Waals surface area contributed by atoms with E-state index < -0.39 is 34.4 Å². The van der Waals surface area contributed by atoms with Crippen LogP contribution >= 0.6 is 0 Å². The Morgan fingerprint density at radius 1 is 1.38 bits per heavy atom. The van der Waals surface area contributed by atoms with Gasteiger partial charge in [-0.3, -0.25) is 9.59 Å². The fraction of sp³-hybridized carbons (Fsp3) is 0.333. The summed E-state index contributed by atoms with van der Waals surface area (Å²) in [5.74, 6) is -2.63. The zero-order chi connectivity index (χ0) is 18.8. The molecule has 8 heteroatoms. The Labute approximate surface area is 148 Å². The van der Waals surface area contributed by atoms with Crippen molar-refractivity contribution in [3.63, 3.8) is 0 Å². The van der Waals surface area contributed by atoms with Gasteiger partial charge in [0.15, 0.2) is 0 Å². The molecule has 6 nitrogen and oxygen atoms in total. The first kappa shape index (κ1) is 18.1. The Bertz CT molecular complexity index is 924. The highest BCUT2D eigenvalue weighted by Crippen LogP contribution is 2.28. The van der Waals surface area contributed by atoms with Crippen LogP contribution in [0.5, 0.6) is 5.75 Å². The van der Waals surface area contributed by atoms with Gasteiger partial charge < -0.3 is 19.7 Å². The summed E-state index contributed by atoms with van der Waals surface area (Å²) in [5.41, 5.74) is -0.207. The molecular weight excluding hydrogens is 346 g/mol. The van der Waals surface area contributed by atoms with Crippen molar-refractivity contribution < 1.29 is 23.4 Å². The van der Waals surface area contributed by atoms with Crippen LogP contribution in [0.25, 0.3) is 0 Å². The third-order valence-electron chi connectivity index (χ3n) is 4.29. The maximum atomic E-state index is 14.1. The number of aromatic nitrogens is 1. The topological polar surface area (TPSA) is 80.6 Å². The lowest BCUT2D eigenvalue weighted by Crippen LogP contribution is -2.37. The molecule has 0 fully saturated rings.